The molecule has 21 heavy (non-hydrogen) atoms. The molecule has 0 spiro atoms. The molecule has 3 rings (SSSR count). The fourth-order valence-corrected chi connectivity index (χ4v) is 3.57. The molecule has 0 bridgehead atoms. The maximum absolute atomic E-state index is 12.2. The van der Waals surface area contributed by atoms with Gasteiger partial charge in [-0.15, -0.1) is 0 Å². The Morgan fingerprint density at radius 2 is 1.90 bits per heavy atom. The van der Waals surface area contributed by atoms with E-state index in [9.17, 15) is 10.1 Å². The molecule has 116 valence electrons. The summed E-state index contributed by atoms with van der Waals surface area (Å²) in [5.74, 6) is 0.0113. The second-order valence-corrected chi connectivity index (χ2v) is 6.57. The topological polar surface area (TPSA) is 71.4 Å². The molecule has 6 nitrogen and oxygen atoms in total. The summed E-state index contributed by atoms with van der Waals surface area (Å²) < 4.78 is 0. The van der Waals surface area contributed by atoms with Crippen LogP contribution in [-0.2, 0) is 4.79 Å². The molecule has 1 saturated carbocycles. The molecule has 0 unspecified atom stereocenters. The van der Waals surface area contributed by atoms with E-state index in [-0.39, 0.29) is 5.91 Å². The summed E-state index contributed by atoms with van der Waals surface area (Å²) in [6, 6.07) is 3.01. The van der Waals surface area contributed by atoms with Gasteiger partial charge in [0.05, 0.1) is 12.6 Å². The highest BCUT2D eigenvalue weighted by Gasteiger charge is 2.36. The van der Waals surface area contributed by atoms with Gasteiger partial charge in [0.25, 0.3) is 0 Å². The Morgan fingerprint density at radius 1 is 1.24 bits per heavy atom. The number of amides is 1. The van der Waals surface area contributed by atoms with Crippen molar-refractivity contribution in [3.05, 3.63) is 0 Å². The van der Waals surface area contributed by atoms with E-state index in [2.05, 4.69) is 26.5 Å². The summed E-state index contributed by atoms with van der Waals surface area (Å²) in [5, 5.41) is 15.6. The number of piperazine rings is 1. The lowest BCUT2D eigenvalue weighted by molar-refractivity contribution is -0.124. The second kappa shape index (κ2) is 6.30. The second-order valence-electron chi connectivity index (χ2n) is 6.57. The number of carbonyl (C=O) groups excluding carboxylic acids is 1. The lowest BCUT2D eigenvalue weighted by atomic mass is 10.00. The first-order chi connectivity index (χ1) is 10.2. The minimum Gasteiger partial charge on any atom is -0.337 e. The quantitative estimate of drug-likeness (QED) is 0.733. The molecular weight excluding hydrogens is 266 g/mol. The van der Waals surface area contributed by atoms with Gasteiger partial charge in [0.15, 0.2) is 0 Å². The van der Waals surface area contributed by atoms with Crippen LogP contribution < -0.4 is 10.6 Å². The summed E-state index contributed by atoms with van der Waals surface area (Å²) in [5.41, 5.74) is -0.587. The zero-order chi connectivity index (χ0) is 14.7. The van der Waals surface area contributed by atoms with Crippen LogP contribution in [0.5, 0.6) is 0 Å². The normalized spacial score (nSPS) is 27.0. The van der Waals surface area contributed by atoms with Gasteiger partial charge in [-0.3, -0.25) is 14.6 Å². The van der Waals surface area contributed by atoms with Gasteiger partial charge in [-0.25, -0.2) is 0 Å². The molecule has 1 amide bonds. The van der Waals surface area contributed by atoms with Crippen LogP contribution >= 0.6 is 0 Å². The van der Waals surface area contributed by atoms with Crippen molar-refractivity contribution in [1.82, 2.24) is 20.4 Å². The largest absolute Gasteiger partial charge is 0.337 e. The van der Waals surface area contributed by atoms with Gasteiger partial charge in [-0.1, -0.05) is 0 Å². The highest BCUT2D eigenvalue weighted by Crippen LogP contribution is 2.28. The van der Waals surface area contributed by atoms with Gasteiger partial charge in [0, 0.05) is 45.3 Å². The van der Waals surface area contributed by atoms with E-state index in [1.807, 2.05) is 0 Å². The van der Waals surface area contributed by atoms with Crippen molar-refractivity contribution < 1.29 is 4.79 Å². The van der Waals surface area contributed by atoms with Crippen molar-refractivity contribution in [3.8, 4) is 6.07 Å². The first-order valence-electron chi connectivity index (χ1n) is 8.10. The third-order valence-electron chi connectivity index (χ3n) is 5.10. The Kier molecular flexibility index (Phi) is 4.43. The van der Waals surface area contributed by atoms with Crippen LogP contribution in [0.15, 0.2) is 0 Å². The lowest BCUT2D eigenvalue weighted by Crippen LogP contribution is -2.62. The highest BCUT2D eigenvalue weighted by atomic mass is 16.2. The first kappa shape index (κ1) is 14.8. The van der Waals surface area contributed by atoms with Gasteiger partial charge in [-0.05, 0) is 25.7 Å². The van der Waals surface area contributed by atoms with E-state index in [1.54, 1.807) is 0 Å². The molecule has 3 aliphatic rings. The van der Waals surface area contributed by atoms with Crippen molar-refractivity contribution in [2.75, 3.05) is 45.8 Å². The molecule has 2 aliphatic heterocycles. The number of nitriles is 1. The average molecular weight is 291 g/mol. The zero-order valence-electron chi connectivity index (χ0n) is 12.6. The number of nitrogens with zero attached hydrogens (tertiary/aromatic N) is 3. The van der Waals surface area contributed by atoms with Gasteiger partial charge in [0.1, 0.15) is 5.54 Å². The first-order valence-corrected chi connectivity index (χ1v) is 8.10. The van der Waals surface area contributed by atoms with Gasteiger partial charge >= 0.3 is 0 Å². The fourth-order valence-electron chi connectivity index (χ4n) is 3.57. The molecule has 1 aliphatic carbocycles. The highest BCUT2D eigenvalue weighted by molar-refractivity contribution is 5.79. The third-order valence-corrected chi connectivity index (χ3v) is 5.10. The SMILES string of the molecule is N#CC1(NC(=O)CN2CCN(C3CNC3)CC2)CCCC1. The van der Waals surface area contributed by atoms with E-state index >= 15 is 0 Å². The van der Waals surface area contributed by atoms with Crippen LogP contribution in [-0.4, -0.2) is 73.1 Å². The molecule has 0 radical (unpaired) electrons. The molecule has 0 aromatic rings. The zero-order valence-corrected chi connectivity index (χ0v) is 12.6. The summed E-state index contributed by atoms with van der Waals surface area (Å²) in [6.45, 7) is 6.62. The Labute approximate surface area is 126 Å². The minimum atomic E-state index is -0.587. The average Bonchev–Trinajstić information content (AvgIpc) is 2.88. The smallest absolute Gasteiger partial charge is 0.235 e. The van der Waals surface area contributed by atoms with E-state index < -0.39 is 5.54 Å². The summed E-state index contributed by atoms with van der Waals surface area (Å²) in [7, 11) is 0. The van der Waals surface area contributed by atoms with Gasteiger partial charge < -0.3 is 10.6 Å². The van der Waals surface area contributed by atoms with Gasteiger partial charge in [-0.2, -0.15) is 5.26 Å². The van der Waals surface area contributed by atoms with Crippen LogP contribution in [0, 0.1) is 11.3 Å². The summed E-state index contributed by atoms with van der Waals surface area (Å²) in [6.07, 6.45) is 3.69. The van der Waals surface area contributed by atoms with Crippen LogP contribution in [0.1, 0.15) is 25.7 Å². The van der Waals surface area contributed by atoms with Crippen molar-refractivity contribution in [1.29, 1.82) is 5.26 Å². The number of rotatable bonds is 4. The van der Waals surface area contributed by atoms with E-state index in [0.29, 0.717) is 12.6 Å². The molecular formula is C15H25N5O. The number of hydrogen-bond acceptors (Lipinski definition) is 5. The maximum Gasteiger partial charge on any atom is 0.235 e. The Morgan fingerprint density at radius 3 is 2.43 bits per heavy atom. The molecule has 0 atom stereocenters. The van der Waals surface area contributed by atoms with Crippen LogP contribution in [0.2, 0.25) is 0 Å². The molecule has 0 aromatic carbocycles. The number of carbonyl (C=O) groups is 1. The monoisotopic (exact) mass is 291 g/mol. The fraction of sp³-hybridized carbons (Fsp3) is 0.867. The molecule has 0 aromatic heterocycles. The van der Waals surface area contributed by atoms with Crippen molar-refractivity contribution in [2.24, 2.45) is 0 Å². The maximum atomic E-state index is 12.2. The van der Waals surface area contributed by atoms with E-state index in [1.165, 1.54) is 0 Å². The Hall–Kier alpha value is -1.16. The molecule has 3 fully saturated rings. The van der Waals surface area contributed by atoms with Crippen molar-refractivity contribution >= 4 is 5.91 Å². The number of hydrogen-bond donors (Lipinski definition) is 2. The molecule has 2 saturated heterocycles. The lowest BCUT2D eigenvalue weighted by Gasteiger charge is -2.43. The van der Waals surface area contributed by atoms with E-state index in [4.69, 9.17) is 0 Å². The van der Waals surface area contributed by atoms with E-state index in [0.717, 1.165) is 65.0 Å². The predicted molar refractivity (Wildman–Crippen MR) is 79.6 cm³/mol. The van der Waals surface area contributed by atoms with Crippen LogP contribution in [0.4, 0.5) is 0 Å². The summed E-state index contributed by atoms with van der Waals surface area (Å²) >= 11 is 0. The molecule has 2 heterocycles. The van der Waals surface area contributed by atoms with Crippen molar-refractivity contribution in [2.45, 2.75) is 37.3 Å². The number of nitrogens with one attached hydrogen (secondary N) is 2. The molecule has 2 N–H and O–H groups in total. The third kappa shape index (κ3) is 3.37. The standard InChI is InChI=1S/C15H25N5O/c16-12-15(3-1-2-4-15)18-14(21)11-19-5-7-20(8-6-19)13-9-17-10-13/h13,17H,1-11H2,(H,18,21). The minimum absolute atomic E-state index is 0.0113. The van der Waals surface area contributed by atoms with Crippen LogP contribution in [0.3, 0.4) is 0 Å². The summed E-state index contributed by atoms with van der Waals surface area (Å²) in [4.78, 5) is 16.9. The van der Waals surface area contributed by atoms with Gasteiger partial charge in [0.2, 0.25) is 5.91 Å². The molecule has 6 heteroatoms. The van der Waals surface area contributed by atoms with Crippen molar-refractivity contribution in [3.63, 3.8) is 0 Å². The Balaban J connectivity index is 1.42. The Bertz CT molecular complexity index is 414. The van der Waals surface area contributed by atoms with Crippen LogP contribution in [0.25, 0.3) is 0 Å². The predicted octanol–water partition coefficient (Wildman–Crippen LogP) is -0.472.